The van der Waals surface area contributed by atoms with Crippen molar-refractivity contribution in [1.82, 2.24) is 10.2 Å². The van der Waals surface area contributed by atoms with Gasteiger partial charge in [-0.05, 0) is 50.1 Å². The van der Waals surface area contributed by atoms with Crippen LogP contribution in [0.15, 0.2) is 36.4 Å². The van der Waals surface area contributed by atoms with Gasteiger partial charge in [-0.25, -0.2) is 0 Å². The molecule has 2 rings (SSSR count). The van der Waals surface area contributed by atoms with Gasteiger partial charge in [-0.2, -0.15) is 0 Å². The maximum absolute atomic E-state index is 13.3. The summed E-state index contributed by atoms with van der Waals surface area (Å²) in [5.41, 5.74) is 1.58. The molecule has 0 spiro atoms. The molecule has 0 aliphatic rings. The lowest BCUT2D eigenvalue weighted by atomic mass is 10.1. The second-order valence-corrected chi connectivity index (χ2v) is 10.2. The molecule has 0 bridgehead atoms. The van der Waals surface area contributed by atoms with E-state index in [1.54, 1.807) is 35.2 Å². The molecule has 0 radical (unpaired) electrons. The summed E-state index contributed by atoms with van der Waals surface area (Å²) < 4.78 is 0. The summed E-state index contributed by atoms with van der Waals surface area (Å²) in [6.45, 7) is 5.79. The Morgan fingerprint density at radius 1 is 1.00 bits per heavy atom. The quantitative estimate of drug-likeness (QED) is 0.361. The Balaban J connectivity index is 2.20. The standard InChI is InChI=1S/C23H26Cl4N2O2S/c1-4-21(23(31)28-14(2)3)29(11-16-17(24)6-5-7-18(16)25)22(30)13-32-12-15-8-9-19(26)20(27)10-15/h5-10,14,21H,4,11-13H2,1-3H3,(H,28,31)/t21-/m0/s1. The first kappa shape index (κ1) is 27.1. The lowest BCUT2D eigenvalue weighted by Gasteiger charge is -2.31. The number of benzene rings is 2. The van der Waals surface area contributed by atoms with Gasteiger partial charge in [0.25, 0.3) is 0 Å². The summed E-state index contributed by atoms with van der Waals surface area (Å²) in [5.74, 6) is 0.400. The van der Waals surface area contributed by atoms with Crippen LogP contribution in [0, 0.1) is 0 Å². The highest BCUT2D eigenvalue weighted by molar-refractivity contribution is 7.99. The third-order valence-electron chi connectivity index (χ3n) is 4.69. The SMILES string of the molecule is CC[C@@H](C(=O)NC(C)C)N(Cc1c(Cl)cccc1Cl)C(=O)CSCc1ccc(Cl)c(Cl)c1. The highest BCUT2D eigenvalue weighted by atomic mass is 35.5. The van der Waals surface area contributed by atoms with Crippen LogP contribution in [0.1, 0.15) is 38.3 Å². The van der Waals surface area contributed by atoms with E-state index in [2.05, 4.69) is 5.32 Å². The number of thioether (sulfide) groups is 1. The number of nitrogens with one attached hydrogen (secondary N) is 1. The number of carbonyl (C=O) groups is 2. The van der Waals surface area contributed by atoms with Gasteiger partial charge in [0.2, 0.25) is 11.8 Å². The summed E-state index contributed by atoms with van der Waals surface area (Å²) in [7, 11) is 0. The number of hydrogen-bond acceptors (Lipinski definition) is 3. The first-order valence-electron chi connectivity index (χ1n) is 10.2. The smallest absolute Gasteiger partial charge is 0.243 e. The van der Waals surface area contributed by atoms with Gasteiger partial charge in [0.05, 0.1) is 15.8 Å². The monoisotopic (exact) mass is 534 g/mol. The molecule has 2 amide bonds. The largest absolute Gasteiger partial charge is 0.352 e. The van der Waals surface area contributed by atoms with E-state index in [1.165, 1.54) is 11.8 Å². The van der Waals surface area contributed by atoms with Gasteiger partial charge in [0.1, 0.15) is 6.04 Å². The molecular weight excluding hydrogens is 510 g/mol. The molecule has 0 aliphatic heterocycles. The van der Waals surface area contributed by atoms with Crippen LogP contribution >= 0.6 is 58.2 Å². The minimum absolute atomic E-state index is 0.0403. The zero-order chi connectivity index (χ0) is 23.8. The van der Waals surface area contributed by atoms with Crippen LogP contribution in [0.3, 0.4) is 0 Å². The van der Waals surface area contributed by atoms with Crippen molar-refractivity contribution in [3.8, 4) is 0 Å². The van der Waals surface area contributed by atoms with Gasteiger partial charge in [-0.15, -0.1) is 11.8 Å². The Hall–Kier alpha value is -1.11. The average Bonchev–Trinajstić information content (AvgIpc) is 2.72. The Kier molecular flexibility index (Phi) is 11.0. The van der Waals surface area contributed by atoms with Crippen molar-refractivity contribution in [3.63, 3.8) is 0 Å². The highest BCUT2D eigenvalue weighted by Gasteiger charge is 2.29. The number of rotatable bonds is 10. The first-order chi connectivity index (χ1) is 15.1. The third-order valence-corrected chi connectivity index (χ3v) is 7.12. The lowest BCUT2D eigenvalue weighted by molar-refractivity contribution is -0.139. The molecule has 2 aromatic carbocycles. The molecule has 32 heavy (non-hydrogen) atoms. The van der Waals surface area contributed by atoms with Crippen molar-refractivity contribution < 1.29 is 9.59 Å². The number of amides is 2. The van der Waals surface area contributed by atoms with E-state index in [9.17, 15) is 9.59 Å². The average molecular weight is 536 g/mol. The van der Waals surface area contributed by atoms with Crippen LogP contribution in [0.25, 0.3) is 0 Å². The van der Waals surface area contributed by atoms with Crippen molar-refractivity contribution in [2.24, 2.45) is 0 Å². The summed E-state index contributed by atoms with van der Waals surface area (Å²) in [4.78, 5) is 27.7. The molecule has 4 nitrogen and oxygen atoms in total. The Morgan fingerprint density at radius 3 is 2.22 bits per heavy atom. The van der Waals surface area contributed by atoms with E-state index in [0.717, 1.165) is 5.56 Å². The molecule has 1 atom stereocenters. The molecule has 0 fully saturated rings. The molecule has 9 heteroatoms. The first-order valence-corrected chi connectivity index (χ1v) is 12.8. The second kappa shape index (κ2) is 13.0. The van der Waals surface area contributed by atoms with Gasteiger partial charge in [0.15, 0.2) is 0 Å². The van der Waals surface area contributed by atoms with Crippen LogP contribution in [-0.4, -0.2) is 34.6 Å². The molecule has 0 aliphatic carbocycles. The summed E-state index contributed by atoms with van der Waals surface area (Å²) in [6.07, 6.45) is 0.462. The summed E-state index contributed by atoms with van der Waals surface area (Å²) >= 11 is 26.2. The summed E-state index contributed by atoms with van der Waals surface area (Å²) in [5, 5.41) is 4.78. The molecular formula is C23H26Cl4N2O2S. The molecule has 0 unspecified atom stereocenters. The Morgan fingerprint density at radius 2 is 1.66 bits per heavy atom. The van der Waals surface area contributed by atoms with Gasteiger partial charge >= 0.3 is 0 Å². The van der Waals surface area contributed by atoms with Crippen LogP contribution in [0.4, 0.5) is 0 Å². The Labute approximate surface area is 213 Å². The van der Waals surface area contributed by atoms with Crippen LogP contribution in [-0.2, 0) is 21.9 Å². The van der Waals surface area contributed by atoms with Crippen molar-refractivity contribution >= 4 is 70.0 Å². The molecule has 0 aromatic heterocycles. The zero-order valence-electron chi connectivity index (χ0n) is 18.1. The number of hydrogen-bond donors (Lipinski definition) is 1. The molecule has 0 saturated heterocycles. The summed E-state index contributed by atoms with van der Waals surface area (Å²) in [6, 6.07) is 9.90. The van der Waals surface area contributed by atoms with Gasteiger partial charge in [-0.3, -0.25) is 9.59 Å². The number of nitrogens with zero attached hydrogens (tertiary/aromatic N) is 1. The van der Waals surface area contributed by atoms with E-state index < -0.39 is 6.04 Å². The third kappa shape index (κ3) is 7.74. The predicted octanol–water partition coefficient (Wildman–Crippen LogP) is 6.87. The fraction of sp³-hybridized carbons (Fsp3) is 0.391. The van der Waals surface area contributed by atoms with Gasteiger partial charge in [0, 0.05) is 33.9 Å². The topological polar surface area (TPSA) is 49.4 Å². The van der Waals surface area contributed by atoms with E-state index >= 15 is 0 Å². The van der Waals surface area contributed by atoms with E-state index in [4.69, 9.17) is 46.4 Å². The normalized spacial score (nSPS) is 12.0. The number of carbonyl (C=O) groups excluding carboxylic acids is 2. The van der Waals surface area contributed by atoms with E-state index in [-0.39, 0.29) is 30.2 Å². The van der Waals surface area contributed by atoms with Crippen LogP contribution in [0.5, 0.6) is 0 Å². The molecule has 2 aromatic rings. The van der Waals surface area contributed by atoms with Gasteiger partial charge in [-0.1, -0.05) is 65.5 Å². The minimum atomic E-state index is -0.636. The molecule has 0 heterocycles. The van der Waals surface area contributed by atoms with E-state index in [1.807, 2.05) is 26.8 Å². The lowest BCUT2D eigenvalue weighted by Crippen LogP contribution is -2.51. The second-order valence-electron chi connectivity index (χ2n) is 7.55. The highest BCUT2D eigenvalue weighted by Crippen LogP contribution is 2.28. The fourth-order valence-corrected chi connectivity index (χ4v) is 4.82. The van der Waals surface area contributed by atoms with Crippen molar-refractivity contribution in [1.29, 1.82) is 0 Å². The van der Waals surface area contributed by atoms with E-state index in [0.29, 0.717) is 37.8 Å². The van der Waals surface area contributed by atoms with Gasteiger partial charge < -0.3 is 10.2 Å². The fourth-order valence-electron chi connectivity index (χ4n) is 3.12. The minimum Gasteiger partial charge on any atom is -0.352 e. The van der Waals surface area contributed by atoms with Crippen LogP contribution < -0.4 is 5.32 Å². The van der Waals surface area contributed by atoms with Crippen molar-refractivity contribution in [2.45, 2.75) is 51.6 Å². The number of halogens is 4. The van der Waals surface area contributed by atoms with Crippen molar-refractivity contribution in [2.75, 3.05) is 5.75 Å². The van der Waals surface area contributed by atoms with Crippen LogP contribution in [0.2, 0.25) is 20.1 Å². The maximum atomic E-state index is 13.3. The molecule has 174 valence electrons. The molecule has 1 N–H and O–H groups in total. The Bertz CT molecular complexity index is 935. The predicted molar refractivity (Wildman–Crippen MR) is 137 cm³/mol. The molecule has 0 saturated carbocycles. The van der Waals surface area contributed by atoms with Crippen molar-refractivity contribution in [3.05, 3.63) is 67.6 Å². The maximum Gasteiger partial charge on any atom is 0.243 e. The zero-order valence-corrected chi connectivity index (χ0v) is 22.0.